The number of hydrogen-bond acceptors (Lipinski definition) is 4. The summed E-state index contributed by atoms with van der Waals surface area (Å²) in [7, 11) is 1.66. The van der Waals surface area contributed by atoms with Gasteiger partial charge in [-0.2, -0.15) is 0 Å². The highest BCUT2D eigenvalue weighted by Crippen LogP contribution is 2.26. The summed E-state index contributed by atoms with van der Waals surface area (Å²) in [6.45, 7) is 4.55. The van der Waals surface area contributed by atoms with Crippen molar-refractivity contribution in [3.05, 3.63) is 0 Å². The highest BCUT2D eigenvalue weighted by molar-refractivity contribution is 4.78. The van der Waals surface area contributed by atoms with Crippen LogP contribution in [0.4, 0.5) is 0 Å². The highest BCUT2D eigenvalue weighted by Gasteiger charge is 2.37. The van der Waals surface area contributed by atoms with E-state index in [0.717, 1.165) is 12.8 Å². The third kappa shape index (κ3) is 3.20. The maximum atomic E-state index is 8.73. The minimum Gasteiger partial charge on any atom is -0.396 e. The molecule has 1 aliphatic rings. The lowest BCUT2D eigenvalue weighted by Crippen LogP contribution is -2.32. The van der Waals surface area contributed by atoms with Gasteiger partial charge in [-0.25, -0.2) is 0 Å². The molecule has 2 atom stereocenters. The van der Waals surface area contributed by atoms with Crippen LogP contribution in [0.3, 0.4) is 0 Å². The van der Waals surface area contributed by atoms with E-state index in [9.17, 15) is 0 Å². The lowest BCUT2D eigenvalue weighted by Gasteiger charge is -2.22. The maximum absolute atomic E-state index is 8.73. The molecular formula is C10H20O4. The zero-order valence-electron chi connectivity index (χ0n) is 9.16. The van der Waals surface area contributed by atoms with Gasteiger partial charge < -0.3 is 19.3 Å². The van der Waals surface area contributed by atoms with Crippen molar-refractivity contribution in [1.29, 1.82) is 0 Å². The summed E-state index contributed by atoms with van der Waals surface area (Å²) in [5, 5.41) is 8.73. The van der Waals surface area contributed by atoms with Crippen molar-refractivity contribution in [1.82, 2.24) is 0 Å². The summed E-state index contributed by atoms with van der Waals surface area (Å²) >= 11 is 0. The van der Waals surface area contributed by atoms with Crippen LogP contribution >= 0.6 is 0 Å². The maximum Gasteiger partial charge on any atom is 0.163 e. The zero-order valence-corrected chi connectivity index (χ0v) is 9.16. The molecule has 0 aromatic rings. The van der Waals surface area contributed by atoms with E-state index >= 15 is 0 Å². The SMILES string of the molecule is CO[C@@H](CCCO)[C@H]1COC(C)(C)O1. The second kappa shape index (κ2) is 5.07. The molecular weight excluding hydrogens is 184 g/mol. The molecule has 1 rings (SSSR count). The molecule has 4 nitrogen and oxygen atoms in total. The van der Waals surface area contributed by atoms with Gasteiger partial charge in [0.1, 0.15) is 6.10 Å². The van der Waals surface area contributed by atoms with Crippen LogP contribution < -0.4 is 0 Å². The molecule has 0 unspecified atom stereocenters. The summed E-state index contributed by atoms with van der Waals surface area (Å²) in [5.41, 5.74) is 0. The largest absolute Gasteiger partial charge is 0.396 e. The molecule has 0 aliphatic carbocycles. The smallest absolute Gasteiger partial charge is 0.163 e. The van der Waals surface area contributed by atoms with Crippen LogP contribution in [0.15, 0.2) is 0 Å². The number of aliphatic hydroxyl groups is 1. The van der Waals surface area contributed by atoms with Crippen LogP contribution in [0.5, 0.6) is 0 Å². The molecule has 0 saturated carbocycles. The Balaban J connectivity index is 2.38. The quantitative estimate of drug-likeness (QED) is 0.723. The fraction of sp³-hybridized carbons (Fsp3) is 1.00. The van der Waals surface area contributed by atoms with Crippen molar-refractivity contribution < 1.29 is 19.3 Å². The fourth-order valence-corrected chi connectivity index (χ4v) is 1.65. The molecule has 0 aromatic heterocycles. The van der Waals surface area contributed by atoms with E-state index in [1.54, 1.807) is 7.11 Å². The molecule has 0 amide bonds. The number of aliphatic hydroxyl groups excluding tert-OH is 1. The Morgan fingerprint density at radius 1 is 1.57 bits per heavy atom. The molecule has 0 spiro atoms. The lowest BCUT2D eigenvalue weighted by molar-refractivity contribution is -0.154. The van der Waals surface area contributed by atoms with Crippen molar-refractivity contribution in [3.63, 3.8) is 0 Å². The topological polar surface area (TPSA) is 47.9 Å². The zero-order chi connectivity index (χ0) is 10.6. The van der Waals surface area contributed by atoms with Crippen molar-refractivity contribution in [2.45, 2.75) is 44.7 Å². The van der Waals surface area contributed by atoms with Crippen LogP contribution in [-0.4, -0.2) is 43.4 Å². The number of rotatable bonds is 5. The van der Waals surface area contributed by atoms with Crippen molar-refractivity contribution >= 4 is 0 Å². The third-order valence-electron chi connectivity index (χ3n) is 2.39. The van der Waals surface area contributed by atoms with Crippen LogP contribution in [0.2, 0.25) is 0 Å². The summed E-state index contributed by atoms with van der Waals surface area (Å²) in [5.74, 6) is -0.499. The molecule has 0 radical (unpaired) electrons. The van der Waals surface area contributed by atoms with E-state index in [0.29, 0.717) is 6.61 Å². The molecule has 1 heterocycles. The predicted octanol–water partition coefficient (Wildman–Crippen LogP) is 0.925. The lowest BCUT2D eigenvalue weighted by atomic mass is 10.1. The van der Waals surface area contributed by atoms with Gasteiger partial charge in [-0.1, -0.05) is 0 Å². The first kappa shape index (κ1) is 11.9. The van der Waals surface area contributed by atoms with Gasteiger partial charge in [0.2, 0.25) is 0 Å². The first-order valence-corrected chi connectivity index (χ1v) is 5.04. The number of ether oxygens (including phenoxy) is 3. The van der Waals surface area contributed by atoms with Gasteiger partial charge in [0.05, 0.1) is 12.7 Å². The first-order chi connectivity index (χ1) is 6.59. The Morgan fingerprint density at radius 2 is 2.29 bits per heavy atom. The Labute approximate surface area is 85.2 Å². The average Bonchev–Trinajstić information content (AvgIpc) is 2.48. The van der Waals surface area contributed by atoms with E-state index in [4.69, 9.17) is 19.3 Å². The Morgan fingerprint density at radius 3 is 2.71 bits per heavy atom. The molecule has 1 N–H and O–H groups in total. The van der Waals surface area contributed by atoms with Gasteiger partial charge in [0.15, 0.2) is 5.79 Å². The van der Waals surface area contributed by atoms with E-state index in [-0.39, 0.29) is 18.8 Å². The van der Waals surface area contributed by atoms with Gasteiger partial charge in [-0.05, 0) is 26.7 Å². The van der Waals surface area contributed by atoms with Crippen LogP contribution in [0.25, 0.3) is 0 Å². The van der Waals surface area contributed by atoms with E-state index < -0.39 is 5.79 Å². The summed E-state index contributed by atoms with van der Waals surface area (Å²) in [6, 6.07) is 0. The molecule has 4 heteroatoms. The molecule has 1 aliphatic heterocycles. The van der Waals surface area contributed by atoms with E-state index in [2.05, 4.69) is 0 Å². The summed E-state index contributed by atoms with van der Waals surface area (Å²) in [6.07, 6.45) is 1.54. The fourth-order valence-electron chi connectivity index (χ4n) is 1.65. The number of hydrogen-bond donors (Lipinski definition) is 1. The molecule has 0 bridgehead atoms. The minimum absolute atomic E-state index is 0.0125. The molecule has 14 heavy (non-hydrogen) atoms. The minimum atomic E-state index is -0.499. The molecule has 1 fully saturated rings. The van der Waals surface area contributed by atoms with Gasteiger partial charge in [0, 0.05) is 13.7 Å². The van der Waals surface area contributed by atoms with Crippen LogP contribution in [-0.2, 0) is 14.2 Å². The number of methoxy groups -OCH3 is 1. The standard InChI is InChI=1S/C10H20O4/c1-10(2)13-7-9(14-10)8(12-3)5-4-6-11/h8-9,11H,4-7H2,1-3H3/t8-,9+/m0/s1. The Hall–Kier alpha value is -0.160. The van der Waals surface area contributed by atoms with Crippen molar-refractivity contribution in [2.24, 2.45) is 0 Å². The summed E-state index contributed by atoms with van der Waals surface area (Å²) < 4.78 is 16.4. The van der Waals surface area contributed by atoms with Gasteiger partial charge in [0.25, 0.3) is 0 Å². The second-order valence-electron chi connectivity index (χ2n) is 4.01. The molecule has 0 aromatic carbocycles. The Kier molecular flexibility index (Phi) is 4.31. The van der Waals surface area contributed by atoms with Gasteiger partial charge >= 0.3 is 0 Å². The van der Waals surface area contributed by atoms with Crippen LogP contribution in [0, 0.1) is 0 Å². The third-order valence-corrected chi connectivity index (χ3v) is 2.39. The van der Waals surface area contributed by atoms with Crippen LogP contribution in [0.1, 0.15) is 26.7 Å². The van der Waals surface area contributed by atoms with Crippen molar-refractivity contribution in [3.8, 4) is 0 Å². The summed E-state index contributed by atoms with van der Waals surface area (Å²) in [4.78, 5) is 0. The predicted molar refractivity (Wildman–Crippen MR) is 52.0 cm³/mol. The van der Waals surface area contributed by atoms with Gasteiger partial charge in [-0.15, -0.1) is 0 Å². The second-order valence-corrected chi connectivity index (χ2v) is 4.01. The molecule has 1 saturated heterocycles. The average molecular weight is 204 g/mol. The van der Waals surface area contributed by atoms with E-state index in [1.807, 2.05) is 13.8 Å². The Bertz CT molecular complexity index is 170. The first-order valence-electron chi connectivity index (χ1n) is 5.04. The highest BCUT2D eigenvalue weighted by atomic mass is 16.7. The van der Waals surface area contributed by atoms with Gasteiger partial charge in [-0.3, -0.25) is 0 Å². The monoisotopic (exact) mass is 204 g/mol. The van der Waals surface area contributed by atoms with E-state index in [1.165, 1.54) is 0 Å². The van der Waals surface area contributed by atoms with Crippen molar-refractivity contribution in [2.75, 3.05) is 20.3 Å². The molecule has 84 valence electrons. The normalized spacial score (nSPS) is 27.9.